The van der Waals surface area contributed by atoms with Crippen LogP contribution in [0.25, 0.3) is 0 Å². The molecular weight excluding hydrogens is 144 g/mol. The van der Waals surface area contributed by atoms with E-state index in [1.807, 2.05) is 13.8 Å². The summed E-state index contributed by atoms with van der Waals surface area (Å²) < 4.78 is 10.3. The van der Waals surface area contributed by atoms with Crippen LogP contribution in [0.1, 0.15) is 13.8 Å². The zero-order valence-electron chi connectivity index (χ0n) is 7.00. The van der Waals surface area contributed by atoms with Gasteiger partial charge in [-0.15, -0.1) is 0 Å². The number of Topliss-reactive ketones (excluding diaryl/α,β-unsaturated/α-hetero) is 1. The van der Waals surface area contributed by atoms with E-state index < -0.39 is 0 Å². The summed E-state index contributed by atoms with van der Waals surface area (Å²) in [7, 11) is 0. The van der Waals surface area contributed by atoms with E-state index in [-0.39, 0.29) is 17.8 Å². The normalized spacial score (nSPS) is 25.5. The molecule has 1 unspecified atom stereocenters. The van der Waals surface area contributed by atoms with Gasteiger partial charge in [-0.25, -0.2) is 0 Å². The molecule has 1 atom stereocenters. The lowest BCUT2D eigenvalue weighted by Crippen LogP contribution is -2.37. The second-order valence-corrected chi connectivity index (χ2v) is 2.99. The quantitative estimate of drug-likeness (QED) is 0.591. The molecule has 3 nitrogen and oxygen atoms in total. The highest BCUT2D eigenvalue weighted by molar-refractivity contribution is 5.85. The molecule has 1 fully saturated rings. The van der Waals surface area contributed by atoms with Crippen LogP contribution < -0.4 is 0 Å². The van der Waals surface area contributed by atoms with Gasteiger partial charge < -0.3 is 9.47 Å². The molecule has 0 aromatic rings. The zero-order valence-corrected chi connectivity index (χ0v) is 7.00. The Balaban J connectivity index is 2.39. The molecule has 0 amide bonds. The van der Waals surface area contributed by atoms with Crippen molar-refractivity contribution in [2.75, 3.05) is 19.8 Å². The first-order valence-corrected chi connectivity index (χ1v) is 3.95. The highest BCUT2D eigenvalue weighted by Crippen LogP contribution is 2.07. The molecule has 1 heterocycles. The Kier molecular flexibility index (Phi) is 3.02. The Morgan fingerprint density at radius 2 is 2.18 bits per heavy atom. The predicted octanol–water partition coefficient (Wildman–Crippen LogP) is 0.627. The van der Waals surface area contributed by atoms with Crippen LogP contribution in [0.15, 0.2) is 0 Å². The van der Waals surface area contributed by atoms with Gasteiger partial charge in [0.1, 0.15) is 6.10 Å². The van der Waals surface area contributed by atoms with E-state index in [1.54, 1.807) is 0 Å². The Labute approximate surface area is 66.7 Å². The van der Waals surface area contributed by atoms with Crippen LogP contribution in [-0.4, -0.2) is 31.7 Å². The van der Waals surface area contributed by atoms with Crippen molar-refractivity contribution in [3.05, 3.63) is 0 Å². The van der Waals surface area contributed by atoms with Crippen molar-refractivity contribution >= 4 is 5.78 Å². The van der Waals surface area contributed by atoms with Crippen LogP contribution in [0.5, 0.6) is 0 Å². The van der Waals surface area contributed by atoms with Crippen molar-refractivity contribution in [2.45, 2.75) is 20.0 Å². The molecule has 0 bridgehead atoms. The monoisotopic (exact) mass is 158 g/mol. The molecule has 0 saturated carbocycles. The summed E-state index contributed by atoms with van der Waals surface area (Å²) in [5.41, 5.74) is 0. The third-order valence-electron chi connectivity index (χ3n) is 1.70. The SMILES string of the molecule is CC(C)C(=O)C1COCCO1. The van der Waals surface area contributed by atoms with Gasteiger partial charge in [0, 0.05) is 5.92 Å². The van der Waals surface area contributed by atoms with Crippen LogP contribution in [0, 0.1) is 5.92 Å². The minimum absolute atomic E-state index is 0.0432. The second kappa shape index (κ2) is 3.83. The van der Waals surface area contributed by atoms with Crippen LogP contribution >= 0.6 is 0 Å². The number of ether oxygens (including phenoxy) is 2. The lowest BCUT2D eigenvalue weighted by molar-refractivity contribution is -0.148. The summed E-state index contributed by atoms with van der Waals surface area (Å²) in [5.74, 6) is 0.186. The number of hydrogen-bond donors (Lipinski definition) is 0. The van der Waals surface area contributed by atoms with Crippen LogP contribution in [0.4, 0.5) is 0 Å². The molecule has 0 aromatic heterocycles. The summed E-state index contributed by atoms with van der Waals surface area (Å²) in [6, 6.07) is 0. The van der Waals surface area contributed by atoms with E-state index in [4.69, 9.17) is 9.47 Å². The van der Waals surface area contributed by atoms with Gasteiger partial charge in [-0.1, -0.05) is 13.8 Å². The van der Waals surface area contributed by atoms with Gasteiger partial charge in [0.15, 0.2) is 5.78 Å². The van der Waals surface area contributed by atoms with Gasteiger partial charge >= 0.3 is 0 Å². The molecule has 0 N–H and O–H groups in total. The zero-order chi connectivity index (χ0) is 8.27. The predicted molar refractivity (Wildman–Crippen MR) is 40.4 cm³/mol. The number of rotatable bonds is 2. The van der Waals surface area contributed by atoms with E-state index >= 15 is 0 Å². The maximum atomic E-state index is 11.3. The number of hydrogen-bond acceptors (Lipinski definition) is 3. The largest absolute Gasteiger partial charge is 0.376 e. The van der Waals surface area contributed by atoms with Crippen molar-refractivity contribution in [3.8, 4) is 0 Å². The van der Waals surface area contributed by atoms with Crippen molar-refractivity contribution in [2.24, 2.45) is 5.92 Å². The Hall–Kier alpha value is -0.410. The molecule has 1 aliphatic rings. The highest BCUT2D eigenvalue weighted by atomic mass is 16.6. The molecule has 0 aliphatic carbocycles. The molecule has 0 spiro atoms. The molecule has 1 saturated heterocycles. The van der Waals surface area contributed by atoms with Crippen molar-refractivity contribution in [3.63, 3.8) is 0 Å². The molecule has 1 aliphatic heterocycles. The third-order valence-corrected chi connectivity index (χ3v) is 1.70. The Morgan fingerprint density at radius 1 is 1.45 bits per heavy atom. The fourth-order valence-electron chi connectivity index (χ4n) is 1.02. The summed E-state index contributed by atoms with van der Waals surface area (Å²) >= 11 is 0. The lowest BCUT2D eigenvalue weighted by atomic mass is 10.0. The molecule has 1 rings (SSSR count). The van der Waals surface area contributed by atoms with Gasteiger partial charge in [0.2, 0.25) is 0 Å². The summed E-state index contributed by atoms with van der Waals surface area (Å²) in [6.07, 6.45) is -0.316. The van der Waals surface area contributed by atoms with Gasteiger partial charge in [-0.05, 0) is 0 Å². The summed E-state index contributed by atoms with van der Waals surface area (Å²) in [6.45, 7) is 5.34. The fourth-order valence-corrected chi connectivity index (χ4v) is 1.02. The number of ketones is 1. The minimum atomic E-state index is -0.316. The first-order chi connectivity index (χ1) is 5.22. The number of carbonyl (C=O) groups excluding carboxylic acids is 1. The smallest absolute Gasteiger partial charge is 0.166 e. The maximum absolute atomic E-state index is 11.3. The summed E-state index contributed by atoms with van der Waals surface area (Å²) in [5, 5.41) is 0. The highest BCUT2D eigenvalue weighted by Gasteiger charge is 2.24. The Bertz CT molecular complexity index is 136. The van der Waals surface area contributed by atoms with Crippen LogP contribution in [0.3, 0.4) is 0 Å². The van der Waals surface area contributed by atoms with E-state index in [9.17, 15) is 4.79 Å². The first-order valence-electron chi connectivity index (χ1n) is 3.95. The van der Waals surface area contributed by atoms with Crippen LogP contribution in [0.2, 0.25) is 0 Å². The van der Waals surface area contributed by atoms with Gasteiger partial charge in [0.05, 0.1) is 19.8 Å². The second-order valence-electron chi connectivity index (χ2n) is 2.99. The number of carbonyl (C=O) groups is 1. The van der Waals surface area contributed by atoms with Crippen molar-refractivity contribution < 1.29 is 14.3 Å². The van der Waals surface area contributed by atoms with E-state index in [1.165, 1.54) is 0 Å². The maximum Gasteiger partial charge on any atom is 0.166 e. The topological polar surface area (TPSA) is 35.5 Å². The average molecular weight is 158 g/mol. The summed E-state index contributed by atoms with van der Waals surface area (Å²) in [4.78, 5) is 11.3. The van der Waals surface area contributed by atoms with Gasteiger partial charge in [-0.2, -0.15) is 0 Å². The molecule has 0 aromatic carbocycles. The Morgan fingerprint density at radius 3 is 2.64 bits per heavy atom. The molecule has 3 heteroatoms. The average Bonchev–Trinajstić information content (AvgIpc) is 2.05. The van der Waals surface area contributed by atoms with E-state index in [0.29, 0.717) is 19.8 Å². The van der Waals surface area contributed by atoms with E-state index in [0.717, 1.165) is 0 Å². The lowest BCUT2D eigenvalue weighted by Gasteiger charge is -2.22. The standard InChI is InChI=1S/C8H14O3/c1-6(2)8(9)7-5-10-3-4-11-7/h6-7H,3-5H2,1-2H3. The fraction of sp³-hybridized carbons (Fsp3) is 0.875. The van der Waals surface area contributed by atoms with Crippen molar-refractivity contribution in [1.82, 2.24) is 0 Å². The van der Waals surface area contributed by atoms with E-state index in [2.05, 4.69) is 0 Å². The van der Waals surface area contributed by atoms with Crippen molar-refractivity contribution in [1.29, 1.82) is 0 Å². The third kappa shape index (κ3) is 2.27. The molecule has 64 valence electrons. The van der Waals surface area contributed by atoms with Crippen LogP contribution in [-0.2, 0) is 14.3 Å². The van der Waals surface area contributed by atoms with Gasteiger partial charge in [0.25, 0.3) is 0 Å². The molecule has 0 radical (unpaired) electrons. The molecule has 11 heavy (non-hydrogen) atoms. The van der Waals surface area contributed by atoms with Gasteiger partial charge in [-0.3, -0.25) is 4.79 Å². The first kappa shape index (κ1) is 8.68. The molecular formula is C8H14O3. The minimum Gasteiger partial charge on any atom is -0.376 e.